The lowest BCUT2D eigenvalue weighted by atomic mass is 9.92. The highest BCUT2D eigenvalue weighted by Crippen LogP contribution is 2.36. The second-order valence-electron chi connectivity index (χ2n) is 10.3. The van der Waals surface area contributed by atoms with E-state index in [1.165, 1.54) is 19.2 Å². The molecule has 1 atom stereocenters. The van der Waals surface area contributed by atoms with E-state index < -0.39 is 45.0 Å². The van der Waals surface area contributed by atoms with Gasteiger partial charge in [-0.05, 0) is 59.9 Å². The first kappa shape index (κ1) is 30.1. The van der Waals surface area contributed by atoms with E-state index in [2.05, 4.69) is 10.3 Å². The molecule has 2 N–H and O–H groups in total. The minimum Gasteiger partial charge on any atom is -0.357 e. The Morgan fingerprint density at radius 1 is 0.951 bits per heavy atom. The van der Waals surface area contributed by atoms with Gasteiger partial charge in [-0.25, -0.2) is 17.2 Å². The summed E-state index contributed by atoms with van der Waals surface area (Å²) in [5, 5.41) is 3.03. The van der Waals surface area contributed by atoms with Crippen LogP contribution in [0.15, 0.2) is 66.9 Å². The summed E-state index contributed by atoms with van der Waals surface area (Å²) >= 11 is 6.11. The van der Waals surface area contributed by atoms with Gasteiger partial charge in [0.05, 0.1) is 23.1 Å². The molecule has 0 aliphatic carbocycles. The number of sulfone groups is 1. The molecule has 0 radical (unpaired) electrons. The zero-order valence-corrected chi connectivity index (χ0v) is 24.5. The predicted molar refractivity (Wildman–Crippen MR) is 156 cm³/mol. The van der Waals surface area contributed by atoms with Crippen LogP contribution in [-0.4, -0.2) is 37.1 Å². The summed E-state index contributed by atoms with van der Waals surface area (Å²) in [7, 11) is -3.58. The van der Waals surface area contributed by atoms with Gasteiger partial charge in [-0.1, -0.05) is 55.8 Å². The van der Waals surface area contributed by atoms with E-state index in [9.17, 15) is 22.4 Å². The fourth-order valence-electron chi connectivity index (χ4n) is 4.67. The molecule has 1 aromatic heterocycles. The molecule has 1 amide bonds. The fraction of sp³-hybridized carbons (Fsp3) is 0.226. The predicted octanol–water partition coefficient (Wildman–Crippen LogP) is 6.79. The summed E-state index contributed by atoms with van der Waals surface area (Å²) in [6.45, 7) is 5.31. The lowest BCUT2D eigenvalue weighted by Crippen LogP contribution is -2.33. The molecule has 41 heavy (non-hydrogen) atoms. The number of hydrogen-bond donors (Lipinski definition) is 2. The van der Waals surface area contributed by atoms with Gasteiger partial charge in [0.2, 0.25) is 5.78 Å². The Bertz CT molecular complexity index is 1750. The first-order chi connectivity index (χ1) is 19.3. The van der Waals surface area contributed by atoms with Gasteiger partial charge in [-0.2, -0.15) is 0 Å². The Balaban J connectivity index is 1.87. The molecule has 0 aliphatic rings. The number of aromatic amines is 1. The number of aromatic nitrogens is 1. The van der Waals surface area contributed by atoms with Crippen molar-refractivity contribution in [1.82, 2.24) is 10.3 Å². The maximum absolute atomic E-state index is 15.3. The van der Waals surface area contributed by atoms with Crippen molar-refractivity contribution >= 4 is 33.1 Å². The van der Waals surface area contributed by atoms with Gasteiger partial charge in [0.25, 0.3) is 5.91 Å². The third-order valence-electron chi connectivity index (χ3n) is 6.79. The van der Waals surface area contributed by atoms with Crippen LogP contribution < -0.4 is 5.32 Å². The van der Waals surface area contributed by atoms with Crippen molar-refractivity contribution in [2.45, 2.75) is 32.7 Å². The highest BCUT2D eigenvalue weighted by Gasteiger charge is 2.30. The monoisotopic (exact) mass is 598 g/mol. The molecule has 6 nitrogen and oxygen atoms in total. The maximum atomic E-state index is 15.3. The van der Waals surface area contributed by atoms with Crippen molar-refractivity contribution in [1.29, 1.82) is 0 Å². The third-order valence-corrected chi connectivity index (χ3v) is 7.97. The van der Waals surface area contributed by atoms with Crippen molar-refractivity contribution in [2.75, 3.05) is 12.0 Å². The Morgan fingerprint density at radius 3 is 2.27 bits per heavy atom. The van der Waals surface area contributed by atoms with Gasteiger partial charge in [0.1, 0.15) is 21.5 Å². The van der Waals surface area contributed by atoms with Crippen LogP contribution in [0, 0.1) is 18.6 Å². The number of amides is 1. The molecule has 0 bridgehead atoms. The molecule has 4 aromatic rings. The Morgan fingerprint density at radius 2 is 1.61 bits per heavy atom. The minimum absolute atomic E-state index is 0.0915. The van der Waals surface area contributed by atoms with E-state index in [1.807, 2.05) is 19.9 Å². The third kappa shape index (κ3) is 6.74. The Hall–Kier alpha value is -3.82. The molecule has 214 valence electrons. The van der Waals surface area contributed by atoms with E-state index in [0.717, 1.165) is 24.0 Å². The average molecular weight is 599 g/mol. The van der Waals surface area contributed by atoms with Crippen LogP contribution in [0.25, 0.3) is 11.1 Å². The van der Waals surface area contributed by atoms with Crippen LogP contribution in [0.1, 0.15) is 68.9 Å². The largest absolute Gasteiger partial charge is 0.357 e. The second-order valence-corrected chi connectivity index (χ2v) is 12.9. The van der Waals surface area contributed by atoms with Gasteiger partial charge >= 0.3 is 0 Å². The summed E-state index contributed by atoms with van der Waals surface area (Å²) in [4.78, 5) is 30.3. The standard InChI is InChI=1S/C31H29ClF2N2O4S/c1-17(2)19-7-5-9-21(13-19)30(37)29-28(27-18(3)24(33)11-12-25(27)34)23(15-35-29)31(38)36-26(16-41(4,39)40)20-8-6-10-22(32)14-20/h5-15,17,26,35H,16H2,1-4H3,(H,36,38)/t26-/m0/s1. The Kier molecular flexibility index (Phi) is 8.80. The molecule has 0 saturated carbocycles. The number of ketones is 1. The summed E-state index contributed by atoms with van der Waals surface area (Å²) in [6, 6.07) is 14.2. The van der Waals surface area contributed by atoms with Crippen LogP contribution in [0.2, 0.25) is 5.02 Å². The molecule has 0 unspecified atom stereocenters. The fourth-order valence-corrected chi connectivity index (χ4v) is 5.75. The van der Waals surface area contributed by atoms with E-state index in [1.54, 1.807) is 36.4 Å². The van der Waals surface area contributed by atoms with Crippen molar-refractivity contribution in [3.63, 3.8) is 0 Å². The van der Waals surface area contributed by atoms with Gasteiger partial charge in [-0.3, -0.25) is 9.59 Å². The molecule has 0 saturated heterocycles. The van der Waals surface area contributed by atoms with Crippen molar-refractivity contribution in [3.8, 4) is 11.1 Å². The van der Waals surface area contributed by atoms with E-state index in [0.29, 0.717) is 16.1 Å². The van der Waals surface area contributed by atoms with E-state index in [-0.39, 0.29) is 33.9 Å². The van der Waals surface area contributed by atoms with Crippen LogP contribution in [0.5, 0.6) is 0 Å². The van der Waals surface area contributed by atoms with Gasteiger partial charge < -0.3 is 10.3 Å². The minimum atomic E-state index is -3.58. The number of carbonyl (C=O) groups excluding carboxylic acids is 2. The number of hydrogen-bond acceptors (Lipinski definition) is 4. The number of benzene rings is 3. The molecular formula is C31H29ClF2N2O4S. The summed E-state index contributed by atoms with van der Waals surface area (Å²) in [6.07, 6.45) is 2.27. The number of carbonyl (C=O) groups is 2. The van der Waals surface area contributed by atoms with Crippen LogP contribution in [-0.2, 0) is 9.84 Å². The highest BCUT2D eigenvalue weighted by atomic mass is 35.5. The maximum Gasteiger partial charge on any atom is 0.253 e. The molecule has 0 fully saturated rings. The van der Waals surface area contributed by atoms with Crippen LogP contribution >= 0.6 is 11.6 Å². The van der Waals surface area contributed by atoms with Crippen LogP contribution in [0.4, 0.5) is 8.78 Å². The zero-order chi connectivity index (χ0) is 30.1. The van der Waals surface area contributed by atoms with Crippen molar-refractivity contribution < 1.29 is 26.8 Å². The van der Waals surface area contributed by atoms with Gasteiger partial charge in [0.15, 0.2) is 0 Å². The van der Waals surface area contributed by atoms with Crippen molar-refractivity contribution in [2.24, 2.45) is 0 Å². The molecular weight excluding hydrogens is 570 g/mol. The number of nitrogens with one attached hydrogen (secondary N) is 2. The second kappa shape index (κ2) is 12.0. The molecule has 0 spiro atoms. The molecule has 10 heteroatoms. The Labute approximate surface area is 242 Å². The topological polar surface area (TPSA) is 96.1 Å². The smallest absolute Gasteiger partial charge is 0.253 e. The van der Waals surface area contributed by atoms with Crippen LogP contribution in [0.3, 0.4) is 0 Å². The first-order valence-corrected chi connectivity index (χ1v) is 15.3. The average Bonchev–Trinajstić information content (AvgIpc) is 3.34. The molecule has 4 rings (SSSR count). The van der Waals surface area contributed by atoms with Gasteiger partial charge in [0, 0.05) is 34.2 Å². The zero-order valence-electron chi connectivity index (χ0n) is 22.9. The summed E-state index contributed by atoms with van der Waals surface area (Å²) in [5.74, 6) is -3.17. The first-order valence-electron chi connectivity index (χ1n) is 12.8. The molecule has 3 aromatic carbocycles. The highest BCUT2D eigenvalue weighted by molar-refractivity contribution is 7.90. The quantitative estimate of drug-likeness (QED) is 0.207. The number of halogens is 3. The molecule has 0 aliphatic heterocycles. The van der Waals surface area contributed by atoms with Gasteiger partial charge in [-0.15, -0.1) is 0 Å². The summed E-state index contributed by atoms with van der Waals surface area (Å²) < 4.78 is 54.5. The lowest BCUT2D eigenvalue weighted by Gasteiger charge is -2.19. The van der Waals surface area contributed by atoms with E-state index in [4.69, 9.17) is 11.6 Å². The number of H-pyrrole nitrogens is 1. The lowest BCUT2D eigenvalue weighted by molar-refractivity contribution is 0.0941. The number of rotatable bonds is 9. The van der Waals surface area contributed by atoms with E-state index >= 15 is 4.39 Å². The van der Waals surface area contributed by atoms with Crippen molar-refractivity contribution in [3.05, 3.63) is 117 Å². The summed E-state index contributed by atoms with van der Waals surface area (Å²) in [5.41, 5.74) is 0.917. The SMILES string of the molecule is Cc1c(F)ccc(F)c1-c1c(C(=O)N[C@@H](CS(C)(=O)=O)c2cccc(Cl)c2)c[nH]c1C(=O)c1cccc(C(C)C)c1. The normalized spacial score (nSPS) is 12.4. The molecule has 1 heterocycles.